The van der Waals surface area contributed by atoms with Gasteiger partial charge in [0.05, 0.1) is 19.8 Å². The SMILES string of the molecule is CCOC(=O)OCC1OC(c2ccc(F)c(Cc3ccc(OC)cc3)c2)C(C)C(C)C1(F)F. The standard InChI is InChI=1S/C25H29F3O5/c1-5-31-24(29)32-14-22-25(27,28)16(3)15(2)23(33-22)18-8-11-21(26)19(13-18)12-17-6-9-20(30-4)10-7-17/h6-11,13,15-16,22-23H,5,12,14H2,1-4H3. The quantitative estimate of drug-likeness (QED) is 0.473. The number of methoxy groups -OCH3 is 1. The molecule has 33 heavy (non-hydrogen) atoms. The molecule has 0 aromatic heterocycles. The molecule has 4 unspecified atom stereocenters. The van der Waals surface area contributed by atoms with Crippen LogP contribution < -0.4 is 4.74 Å². The van der Waals surface area contributed by atoms with E-state index in [1.807, 2.05) is 12.1 Å². The lowest BCUT2D eigenvalue weighted by molar-refractivity contribution is -0.258. The summed E-state index contributed by atoms with van der Waals surface area (Å²) in [5, 5.41) is 0. The molecule has 1 fully saturated rings. The molecule has 0 saturated carbocycles. The fourth-order valence-electron chi connectivity index (χ4n) is 4.00. The minimum Gasteiger partial charge on any atom is -0.497 e. The number of benzene rings is 2. The highest BCUT2D eigenvalue weighted by atomic mass is 19.3. The van der Waals surface area contributed by atoms with Crippen molar-refractivity contribution in [3.05, 3.63) is 65.0 Å². The minimum atomic E-state index is -3.21. The van der Waals surface area contributed by atoms with E-state index in [1.165, 1.54) is 13.0 Å². The van der Waals surface area contributed by atoms with E-state index in [9.17, 15) is 18.0 Å². The largest absolute Gasteiger partial charge is 0.508 e. The summed E-state index contributed by atoms with van der Waals surface area (Å²) in [6.45, 7) is 4.14. The van der Waals surface area contributed by atoms with Crippen molar-refractivity contribution >= 4 is 6.16 Å². The van der Waals surface area contributed by atoms with Gasteiger partial charge in [0.15, 0.2) is 6.10 Å². The molecule has 1 heterocycles. The summed E-state index contributed by atoms with van der Waals surface area (Å²) in [7, 11) is 1.57. The first-order chi connectivity index (χ1) is 15.7. The highest BCUT2D eigenvalue weighted by Gasteiger charge is 2.55. The van der Waals surface area contributed by atoms with Crippen molar-refractivity contribution in [2.75, 3.05) is 20.3 Å². The molecule has 5 nitrogen and oxygen atoms in total. The first-order valence-corrected chi connectivity index (χ1v) is 10.9. The van der Waals surface area contributed by atoms with Gasteiger partial charge in [0.1, 0.15) is 18.2 Å². The third-order valence-corrected chi connectivity index (χ3v) is 6.18. The average molecular weight is 466 g/mol. The highest BCUT2D eigenvalue weighted by Crippen LogP contribution is 2.48. The Hall–Kier alpha value is -2.74. The van der Waals surface area contributed by atoms with Gasteiger partial charge in [-0.1, -0.05) is 32.0 Å². The zero-order valence-corrected chi connectivity index (χ0v) is 19.1. The Morgan fingerprint density at radius 2 is 1.79 bits per heavy atom. The van der Waals surface area contributed by atoms with Gasteiger partial charge in [-0.2, -0.15) is 0 Å². The number of hydrogen-bond acceptors (Lipinski definition) is 5. The molecular weight excluding hydrogens is 437 g/mol. The van der Waals surface area contributed by atoms with Crippen LogP contribution in [0, 0.1) is 17.7 Å². The van der Waals surface area contributed by atoms with Gasteiger partial charge in [-0.15, -0.1) is 0 Å². The lowest BCUT2D eigenvalue weighted by Gasteiger charge is -2.44. The van der Waals surface area contributed by atoms with Crippen molar-refractivity contribution in [1.29, 1.82) is 0 Å². The number of carbonyl (C=O) groups excluding carboxylic acids is 1. The molecule has 0 N–H and O–H groups in total. The first kappa shape index (κ1) is 24.9. The van der Waals surface area contributed by atoms with Gasteiger partial charge in [0.2, 0.25) is 0 Å². The summed E-state index contributed by atoms with van der Waals surface area (Å²) in [5.74, 6) is -4.52. The van der Waals surface area contributed by atoms with Crippen molar-refractivity contribution in [1.82, 2.24) is 0 Å². The molecule has 3 rings (SSSR count). The van der Waals surface area contributed by atoms with E-state index in [0.717, 1.165) is 5.56 Å². The zero-order valence-electron chi connectivity index (χ0n) is 19.1. The topological polar surface area (TPSA) is 54.0 Å². The maximum Gasteiger partial charge on any atom is 0.508 e. The van der Waals surface area contributed by atoms with Crippen molar-refractivity contribution in [3.63, 3.8) is 0 Å². The second-order valence-corrected chi connectivity index (χ2v) is 8.24. The van der Waals surface area contributed by atoms with Crippen LogP contribution in [-0.4, -0.2) is 38.5 Å². The number of hydrogen-bond donors (Lipinski definition) is 0. The zero-order chi connectivity index (χ0) is 24.2. The summed E-state index contributed by atoms with van der Waals surface area (Å²) >= 11 is 0. The summed E-state index contributed by atoms with van der Waals surface area (Å²) in [6, 6.07) is 11.8. The minimum absolute atomic E-state index is 0.0728. The van der Waals surface area contributed by atoms with Gasteiger partial charge in [0.25, 0.3) is 5.92 Å². The molecule has 4 atom stereocenters. The van der Waals surface area contributed by atoms with E-state index in [2.05, 4.69) is 4.74 Å². The molecule has 1 aliphatic heterocycles. The van der Waals surface area contributed by atoms with E-state index in [0.29, 0.717) is 23.3 Å². The van der Waals surface area contributed by atoms with Gasteiger partial charge in [-0.05, 0) is 53.8 Å². The molecule has 1 saturated heterocycles. The molecule has 2 aromatic carbocycles. The van der Waals surface area contributed by atoms with Crippen LogP contribution in [0.25, 0.3) is 0 Å². The highest BCUT2D eigenvalue weighted by molar-refractivity contribution is 5.59. The summed E-state index contributed by atoms with van der Waals surface area (Å²) in [6.07, 6.45) is -3.06. The van der Waals surface area contributed by atoms with Gasteiger partial charge < -0.3 is 18.9 Å². The predicted molar refractivity (Wildman–Crippen MR) is 116 cm³/mol. The van der Waals surface area contributed by atoms with Crippen LogP contribution in [0.4, 0.5) is 18.0 Å². The van der Waals surface area contributed by atoms with Crippen LogP contribution in [0.15, 0.2) is 42.5 Å². The van der Waals surface area contributed by atoms with Crippen LogP contribution in [0.3, 0.4) is 0 Å². The first-order valence-electron chi connectivity index (χ1n) is 10.9. The lowest BCUT2D eigenvalue weighted by atomic mass is 9.78. The smallest absolute Gasteiger partial charge is 0.497 e. The van der Waals surface area contributed by atoms with Crippen molar-refractivity contribution in [2.45, 2.75) is 45.3 Å². The monoisotopic (exact) mass is 466 g/mol. The van der Waals surface area contributed by atoms with Crippen LogP contribution in [-0.2, 0) is 20.6 Å². The third kappa shape index (κ3) is 5.61. The van der Waals surface area contributed by atoms with Crippen molar-refractivity contribution in [3.8, 4) is 5.75 Å². The van der Waals surface area contributed by atoms with Crippen LogP contribution in [0.2, 0.25) is 0 Å². The number of halogens is 3. The average Bonchev–Trinajstić information content (AvgIpc) is 2.79. The summed E-state index contributed by atoms with van der Waals surface area (Å²) < 4.78 is 64.8. The number of rotatable bonds is 7. The Morgan fingerprint density at radius 3 is 2.42 bits per heavy atom. The molecule has 0 aliphatic carbocycles. The van der Waals surface area contributed by atoms with Gasteiger partial charge in [0, 0.05) is 12.3 Å². The predicted octanol–water partition coefficient (Wildman–Crippen LogP) is 5.95. The molecule has 0 spiro atoms. The number of alkyl halides is 2. The van der Waals surface area contributed by atoms with Crippen LogP contribution >= 0.6 is 0 Å². The fourth-order valence-corrected chi connectivity index (χ4v) is 4.00. The molecule has 0 radical (unpaired) electrons. The molecule has 8 heteroatoms. The second kappa shape index (κ2) is 10.5. The van der Waals surface area contributed by atoms with Crippen LogP contribution in [0.5, 0.6) is 5.75 Å². The maximum absolute atomic E-state index is 14.9. The van der Waals surface area contributed by atoms with Crippen LogP contribution in [0.1, 0.15) is 43.6 Å². The number of ether oxygens (including phenoxy) is 4. The Kier molecular flexibility index (Phi) is 7.89. The normalized spacial score (nSPS) is 24.2. The molecule has 0 amide bonds. The van der Waals surface area contributed by atoms with E-state index in [4.69, 9.17) is 14.2 Å². The van der Waals surface area contributed by atoms with E-state index in [-0.39, 0.29) is 6.61 Å². The lowest BCUT2D eigenvalue weighted by Crippen LogP contribution is -2.53. The molecule has 0 bridgehead atoms. The molecule has 180 valence electrons. The van der Waals surface area contributed by atoms with E-state index in [1.54, 1.807) is 45.2 Å². The van der Waals surface area contributed by atoms with Gasteiger partial charge >= 0.3 is 6.16 Å². The second-order valence-electron chi connectivity index (χ2n) is 8.24. The molecular formula is C25H29F3O5. The Labute approximate surface area is 191 Å². The van der Waals surface area contributed by atoms with E-state index < -0.39 is 48.5 Å². The third-order valence-electron chi connectivity index (χ3n) is 6.18. The number of carbonyl (C=O) groups is 1. The van der Waals surface area contributed by atoms with E-state index >= 15 is 0 Å². The molecule has 2 aromatic rings. The van der Waals surface area contributed by atoms with Crippen molar-refractivity contribution in [2.24, 2.45) is 11.8 Å². The summed E-state index contributed by atoms with van der Waals surface area (Å²) in [4.78, 5) is 11.5. The van der Waals surface area contributed by atoms with Crippen molar-refractivity contribution < 1.29 is 36.9 Å². The van der Waals surface area contributed by atoms with Gasteiger partial charge in [-0.25, -0.2) is 18.0 Å². The molecule has 1 aliphatic rings. The Balaban J connectivity index is 1.82. The summed E-state index contributed by atoms with van der Waals surface area (Å²) in [5.41, 5.74) is 1.90. The maximum atomic E-state index is 14.9. The van der Waals surface area contributed by atoms with Gasteiger partial charge in [-0.3, -0.25) is 0 Å². The fraction of sp³-hybridized carbons (Fsp3) is 0.480. The Morgan fingerprint density at radius 1 is 1.09 bits per heavy atom. The Bertz CT molecular complexity index is 948.